The fourth-order valence-electron chi connectivity index (χ4n) is 0.253. The Labute approximate surface area is 85.4 Å². The zero-order valence-electron chi connectivity index (χ0n) is 7.09. The average molecular weight is 266 g/mol. The number of nitrogens with zero attached hydrogens (tertiary/aromatic N) is 2. The molecule has 0 unspecified atom stereocenters. The summed E-state index contributed by atoms with van der Waals surface area (Å²) in [5.41, 5.74) is 0. The molecule has 0 aliphatic heterocycles. The van der Waals surface area contributed by atoms with Crippen LogP contribution in [0.4, 0.5) is 0 Å². The molecule has 1 rings (SSSR count). The van der Waals surface area contributed by atoms with Crippen LogP contribution < -0.4 is 30.8 Å². The quantitative estimate of drug-likeness (QED) is 0.435. The average Bonchev–Trinajstić information content (AvgIpc) is 1.72. The Morgan fingerprint density at radius 3 is 0.750 bits per heavy atom. The van der Waals surface area contributed by atoms with Crippen LogP contribution in [0.25, 0.3) is 0 Å². The van der Waals surface area contributed by atoms with E-state index >= 15 is 0 Å². The van der Waals surface area contributed by atoms with Gasteiger partial charge < -0.3 is 30.8 Å². The van der Waals surface area contributed by atoms with Crippen LogP contribution in [0.5, 0.6) is 0 Å². The van der Waals surface area contributed by atoms with Crippen molar-refractivity contribution in [1.82, 2.24) is 40.7 Å². The van der Waals surface area contributed by atoms with Gasteiger partial charge in [-0.05, 0) is 0 Å². The largest absolute Gasteiger partial charge is 0.344 e. The molecule has 15 N–H and O–H groups in total. The third-order valence-corrected chi connectivity index (χ3v) is 0.478. The zero-order valence-corrected chi connectivity index (χ0v) is 8.83. The maximum absolute atomic E-state index is 3.72. The van der Waals surface area contributed by atoms with Gasteiger partial charge in [0.05, 0.1) is 0 Å². The molecule has 0 amide bonds. The van der Waals surface area contributed by atoms with Gasteiger partial charge in [0.2, 0.25) is 0 Å². The molecule has 0 aliphatic carbocycles. The molecule has 1 heterocycles. The fourth-order valence-corrected chi connectivity index (χ4v) is 0.253. The van der Waals surface area contributed by atoms with Gasteiger partial charge in [0, 0.05) is 44.3 Å². The normalized spacial score (nSPS) is 4.00. The summed E-state index contributed by atoms with van der Waals surface area (Å²) in [4.78, 5) is 7.44. The Hall–Kier alpha value is -0.497. The monoisotopic (exact) mass is 267 g/mol. The molecule has 0 aliphatic rings. The molecule has 1 aromatic heterocycles. The van der Waals surface area contributed by atoms with E-state index in [2.05, 4.69) is 9.97 Å². The van der Waals surface area contributed by atoms with Crippen molar-refractivity contribution < 1.29 is 19.5 Å². The van der Waals surface area contributed by atoms with Crippen molar-refractivity contribution in [3.8, 4) is 0 Å². The minimum absolute atomic E-state index is 0. The van der Waals surface area contributed by atoms with Gasteiger partial charge >= 0.3 is 0 Å². The SMILES string of the molecule is N.N.N.N.N.[Ru].c1cnccn1. The Morgan fingerprint density at radius 2 is 0.667 bits per heavy atom. The predicted molar refractivity (Wildman–Crippen MR) is 47.1 cm³/mol. The number of aromatic nitrogens is 2. The molecule has 78 valence electrons. The molecule has 0 saturated carbocycles. The number of hydrogen-bond donors (Lipinski definition) is 5. The Balaban J connectivity index is -0.0000000150. The van der Waals surface area contributed by atoms with Crippen molar-refractivity contribution in [2.75, 3.05) is 0 Å². The van der Waals surface area contributed by atoms with Gasteiger partial charge in [-0.15, -0.1) is 0 Å². The first kappa shape index (κ1) is 41.9. The van der Waals surface area contributed by atoms with Gasteiger partial charge in [0.1, 0.15) is 0 Å². The Bertz CT molecular complexity index is 87.3. The van der Waals surface area contributed by atoms with E-state index in [1.807, 2.05) is 0 Å². The first-order valence-corrected chi connectivity index (χ1v) is 1.70. The summed E-state index contributed by atoms with van der Waals surface area (Å²) in [6, 6.07) is 0. The van der Waals surface area contributed by atoms with Gasteiger partial charge in [0.15, 0.2) is 0 Å². The van der Waals surface area contributed by atoms with Crippen LogP contribution in [0, 0.1) is 0 Å². The van der Waals surface area contributed by atoms with Crippen molar-refractivity contribution in [3.05, 3.63) is 24.8 Å². The summed E-state index contributed by atoms with van der Waals surface area (Å²) in [6.07, 6.45) is 6.56. The van der Waals surface area contributed by atoms with Gasteiger partial charge in [-0.1, -0.05) is 0 Å². The fraction of sp³-hybridized carbons (Fsp3) is 0. The third-order valence-electron chi connectivity index (χ3n) is 0.478. The molecule has 1 aromatic rings. The molecule has 0 atom stereocenters. The molecule has 12 heavy (non-hydrogen) atoms. The minimum atomic E-state index is 0. The minimum Gasteiger partial charge on any atom is -0.344 e. The molecule has 0 bridgehead atoms. The molecular formula is C4H19N7Ru. The predicted octanol–water partition coefficient (Wildman–Crippen LogP) is 1.28. The maximum Gasteiger partial charge on any atom is 0.0451 e. The molecule has 0 saturated heterocycles. The van der Waals surface area contributed by atoms with E-state index in [4.69, 9.17) is 0 Å². The van der Waals surface area contributed by atoms with Crippen LogP contribution >= 0.6 is 0 Å². The van der Waals surface area contributed by atoms with E-state index in [9.17, 15) is 0 Å². The van der Waals surface area contributed by atoms with E-state index in [0.29, 0.717) is 0 Å². The van der Waals surface area contributed by atoms with Crippen molar-refractivity contribution in [1.29, 1.82) is 0 Å². The van der Waals surface area contributed by atoms with Crippen molar-refractivity contribution in [2.45, 2.75) is 0 Å². The molecule has 8 heteroatoms. The second kappa shape index (κ2) is 31.3. The summed E-state index contributed by atoms with van der Waals surface area (Å²) in [5, 5.41) is 0. The summed E-state index contributed by atoms with van der Waals surface area (Å²) >= 11 is 0. The van der Waals surface area contributed by atoms with Crippen LogP contribution in [0.1, 0.15) is 0 Å². The van der Waals surface area contributed by atoms with Gasteiger partial charge in [-0.3, -0.25) is 9.97 Å². The standard InChI is InChI=1S/C4H4N2.5H3N.Ru/c1-2-6-4-3-5-1;;;;;;/h1-4H;5*1H3;. The van der Waals surface area contributed by atoms with Gasteiger partial charge in [-0.2, -0.15) is 0 Å². The summed E-state index contributed by atoms with van der Waals surface area (Å²) in [7, 11) is 0. The Morgan fingerprint density at radius 1 is 0.500 bits per heavy atom. The van der Waals surface area contributed by atoms with Crippen LogP contribution in [-0.2, 0) is 19.5 Å². The second-order valence-corrected chi connectivity index (χ2v) is 0.894. The van der Waals surface area contributed by atoms with Crippen molar-refractivity contribution in [3.63, 3.8) is 0 Å². The smallest absolute Gasteiger partial charge is 0.0451 e. The van der Waals surface area contributed by atoms with Crippen LogP contribution in [0.2, 0.25) is 0 Å². The van der Waals surface area contributed by atoms with E-state index in [1.165, 1.54) is 0 Å². The summed E-state index contributed by atoms with van der Waals surface area (Å²) in [6.45, 7) is 0. The van der Waals surface area contributed by atoms with Crippen LogP contribution in [0.3, 0.4) is 0 Å². The second-order valence-electron chi connectivity index (χ2n) is 0.894. The summed E-state index contributed by atoms with van der Waals surface area (Å²) < 4.78 is 0. The third kappa shape index (κ3) is 22.7. The number of rotatable bonds is 0. The van der Waals surface area contributed by atoms with E-state index in [-0.39, 0.29) is 50.2 Å². The van der Waals surface area contributed by atoms with Gasteiger partial charge in [0.25, 0.3) is 0 Å². The van der Waals surface area contributed by atoms with E-state index in [0.717, 1.165) is 0 Å². The Kier molecular flexibility index (Phi) is 109. The molecular weight excluding hydrogens is 247 g/mol. The molecule has 0 aromatic carbocycles. The first-order chi connectivity index (χ1) is 3.00. The molecule has 7 nitrogen and oxygen atoms in total. The topological polar surface area (TPSA) is 201 Å². The van der Waals surface area contributed by atoms with Gasteiger partial charge in [-0.25, -0.2) is 0 Å². The molecule has 0 fully saturated rings. The summed E-state index contributed by atoms with van der Waals surface area (Å²) in [5.74, 6) is 0. The van der Waals surface area contributed by atoms with Crippen molar-refractivity contribution in [2.24, 2.45) is 0 Å². The zero-order chi connectivity index (χ0) is 4.24. The van der Waals surface area contributed by atoms with Crippen LogP contribution in [0.15, 0.2) is 24.8 Å². The van der Waals surface area contributed by atoms with Crippen molar-refractivity contribution >= 4 is 0 Å². The molecule has 0 spiro atoms. The molecule has 0 radical (unpaired) electrons. The van der Waals surface area contributed by atoms with E-state index < -0.39 is 0 Å². The van der Waals surface area contributed by atoms with E-state index in [1.54, 1.807) is 24.8 Å². The maximum atomic E-state index is 3.72. The first-order valence-electron chi connectivity index (χ1n) is 1.70. The number of hydrogen-bond acceptors (Lipinski definition) is 7. The van der Waals surface area contributed by atoms with Crippen LogP contribution in [-0.4, -0.2) is 9.97 Å².